The van der Waals surface area contributed by atoms with E-state index in [1.165, 1.54) is 51.4 Å². The van der Waals surface area contributed by atoms with Crippen LogP contribution in [0.5, 0.6) is 0 Å². The fourth-order valence-corrected chi connectivity index (χ4v) is 3.70. The average Bonchev–Trinajstić information content (AvgIpc) is 2.27. The smallest absolute Gasteiger partial charge is 0.00819 e. The summed E-state index contributed by atoms with van der Waals surface area (Å²) in [5, 5.41) is 0. The summed E-state index contributed by atoms with van der Waals surface area (Å²) in [6, 6.07) is 0.690. The molecule has 2 aliphatic carbocycles. The Hall–Kier alpha value is -0.0800. The number of hydrogen-bond donors (Lipinski definition) is 2. The van der Waals surface area contributed by atoms with E-state index in [2.05, 4.69) is 6.92 Å². The van der Waals surface area contributed by atoms with E-state index in [0.717, 1.165) is 11.8 Å². The van der Waals surface area contributed by atoms with Crippen LogP contribution < -0.4 is 11.5 Å². The molecule has 0 radical (unpaired) electrons. The Bertz CT molecular complexity index is 199. The number of rotatable bonds is 2. The lowest BCUT2D eigenvalue weighted by Gasteiger charge is -2.38. The van der Waals surface area contributed by atoms with Crippen LogP contribution >= 0.6 is 0 Å². The molecule has 2 atom stereocenters. The zero-order chi connectivity index (χ0) is 11.5. The summed E-state index contributed by atoms with van der Waals surface area (Å²) in [5.74, 6) is 2.30. The minimum Gasteiger partial charge on any atom is -0.327 e. The zero-order valence-corrected chi connectivity index (χ0v) is 10.7. The molecule has 0 amide bonds. The van der Waals surface area contributed by atoms with Gasteiger partial charge in [-0.25, -0.2) is 0 Å². The topological polar surface area (TPSA) is 52.0 Å². The van der Waals surface area contributed by atoms with Crippen molar-refractivity contribution >= 4 is 0 Å². The Morgan fingerprint density at radius 2 is 1.44 bits per heavy atom. The van der Waals surface area contributed by atoms with Crippen LogP contribution in [0.1, 0.15) is 58.3 Å². The highest BCUT2D eigenvalue weighted by atomic mass is 14.8. The van der Waals surface area contributed by atoms with Gasteiger partial charge in [0.15, 0.2) is 0 Å². The van der Waals surface area contributed by atoms with Crippen molar-refractivity contribution in [2.75, 3.05) is 0 Å². The summed E-state index contributed by atoms with van der Waals surface area (Å²) in [7, 11) is 0. The normalized spacial score (nSPS) is 42.2. The molecular formula is C14H28N2. The molecule has 0 aromatic carbocycles. The first-order valence-electron chi connectivity index (χ1n) is 7.18. The quantitative estimate of drug-likeness (QED) is 0.757. The predicted molar refractivity (Wildman–Crippen MR) is 69.0 cm³/mol. The molecule has 2 nitrogen and oxygen atoms in total. The van der Waals surface area contributed by atoms with Gasteiger partial charge in [-0.05, 0) is 37.0 Å². The minimum atomic E-state index is 0.345. The molecule has 2 heteroatoms. The molecular weight excluding hydrogens is 196 g/mol. The summed E-state index contributed by atoms with van der Waals surface area (Å²) < 4.78 is 0. The highest BCUT2D eigenvalue weighted by molar-refractivity contribution is 4.89. The first-order chi connectivity index (χ1) is 7.66. The molecule has 0 aromatic heterocycles. The Labute approximate surface area is 100 Å². The van der Waals surface area contributed by atoms with Gasteiger partial charge in [0.2, 0.25) is 0 Å². The molecule has 0 saturated heterocycles. The molecule has 2 rings (SSSR count). The molecule has 0 spiro atoms. The molecule has 2 saturated carbocycles. The van der Waals surface area contributed by atoms with E-state index in [4.69, 9.17) is 11.5 Å². The first kappa shape index (κ1) is 12.4. The molecule has 0 heterocycles. The molecule has 0 bridgehead atoms. The van der Waals surface area contributed by atoms with Gasteiger partial charge in [0.25, 0.3) is 0 Å². The Kier molecular flexibility index (Phi) is 4.26. The molecule has 0 aliphatic heterocycles. The fourth-order valence-electron chi connectivity index (χ4n) is 3.70. The summed E-state index contributed by atoms with van der Waals surface area (Å²) in [6.45, 7) is 2.21. The number of hydrogen-bond acceptors (Lipinski definition) is 2. The van der Waals surface area contributed by atoms with Crippen molar-refractivity contribution in [1.82, 2.24) is 0 Å². The van der Waals surface area contributed by atoms with E-state index in [9.17, 15) is 0 Å². The molecule has 4 N–H and O–H groups in total. The average molecular weight is 224 g/mol. The van der Waals surface area contributed by atoms with Crippen molar-refractivity contribution in [2.24, 2.45) is 29.2 Å². The van der Waals surface area contributed by atoms with Gasteiger partial charge < -0.3 is 11.5 Å². The van der Waals surface area contributed by atoms with Crippen molar-refractivity contribution in [2.45, 2.75) is 70.4 Å². The summed E-state index contributed by atoms with van der Waals surface area (Å²) in [4.78, 5) is 0. The molecule has 94 valence electrons. The summed E-state index contributed by atoms with van der Waals surface area (Å²) in [6.07, 6.45) is 11.1. The third-order valence-corrected chi connectivity index (χ3v) is 4.95. The van der Waals surface area contributed by atoms with E-state index in [1.54, 1.807) is 0 Å². The maximum absolute atomic E-state index is 6.18. The van der Waals surface area contributed by atoms with Crippen LogP contribution in [-0.4, -0.2) is 12.1 Å². The van der Waals surface area contributed by atoms with Gasteiger partial charge in [0.05, 0.1) is 0 Å². The lowest BCUT2D eigenvalue weighted by atomic mass is 9.71. The largest absolute Gasteiger partial charge is 0.327 e. The lowest BCUT2D eigenvalue weighted by Crippen LogP contribution is -2.47. The maximum Gasteiger partial charge on any atom is 0.00819 e. The molecule has 16 heavy (non-hydrogen) atoms. The highest BCUT2D eigenvalue weighted by Crippen LogP contribution is 2.36. The molecule has 2 fully saturated rings. The second-order valence-electron chi connectivity index (χ2n) is 6.26. The van der Waals surface area contributed by atoms with Crippen LogP contribution in [0, 0.1) is 17.8 Å². The van der Waals surface area contributed by atoms with E-state index in [-0.39, 0.29) is 0 Å². The Balaban J connectivity index is 1.81. The molecule has 2 unspecified atom stereocenters. The predicted octanol–water partition coefficient (Wildman–Crippen LogP) is 2.66. The van der Waals surface area contributed by atoms with Crippen molar-refractivity contribution in [3.05, 3.63) is 0 Å². The van der Waals surface area contributed by atoms with Crippen LogP contribution in [0.15, 0.2) is 0 Å². The highest BCUT2D eigenvalue weighted by Gasteiger charge is 2.32. The van der Waals surface area contributed by atoms with Crippen molar-refractivity contribution in [1.29, 1.82) is 0 Å². The van der Waals surface area contributed by atoms with Crippen LogP contribution in [0.3, 0.4) is 0 Å². The van der Waals surface area contributed by atoms with Gasteiger partial charge in [0.1, 0.15) is 0 Å². The zero-order valence-electron chi connectivity index (χ0n) is 10.7. The Morgan fingerprint density at radius 3 is 2.00 bits per heavy atom. The minimum absolute atomic E-state index is 0.345. The van der Waals surface area contributed by atoms with E-state index in [1.807, 2.05) is 0 Å². The van der Waals surface area contributed by atoms with Crippen molar-refractivity contribution < 1.29 is 0 Å². The second kappa shape index (κ2) is 5.50. The number of nitrogens with two attached hydrogens (primary N) is 2. The SMILES string of the molecule is CC1C(N)CC(CC2CCCCC2)CC1N. The van der Waals surface area contributed by atoms with Gasteiger partial charge in [-0.15, -0.1) is 0 Å². The lowest BCUT2D eigenvalue weighted by molar-refractivity contribution is 0.177. The molecule has 0 aromatic rings. The third kappa shape index (κ3) is 2.98. The standard InChI is InChI=1S/C14H28N2/c1-10-13(15)8-12(9-14(10)16)7-11-5-3-2-4-6-11/h10-14H,2-9,15-16H2,1H3. The maximum atomic E-state index is 6.18. The Morgan fingerprint density at radius 1 is 0.875 bits per heavy atom. The molecule has 2 aliphatic rings. The van der Waals surface area contributed by atoms with E-state index >= 15 is 0 Å². The van der Waals surface area contributed by atoms with Gasteiger partial charge in [-0.2, -0.15) is 0 Å². The van der Waals surface area contributed by atoms with Gasteiger partial charge in [0, 0.05) is 12.1 Å². The van der Waals surface area contributed by atoms with Crippen LogP contribution in [0.25, 0.3) is 0 Å². The van der Waals surface area contributed by atoms with Crippen LogP contribution in [0.4, 0.5) is 0 Å². The van der Waals surface area contributed by atoms with E-state index in [0.29, 0.717) is 18.0 Å². The fraction of sp³-hybridized carbons (Fsp3) is 1.00. The van der Waals surface area contributed by atoms with E-state index < -0.39 is 0 Å². The van der Waals surface area contributed by atoms with Crippen LogP contribution in [-0.2, 0) is 0 Å². The first-order valence-corrected chi connectivity index (χ1v) is 7.18. The monoisotopic (exact) mass is 224 g/mol. The van der Waals surface area contributed by atoms with Crippen molar-refractivity contribution in [3.8, 4) is 0 Å². The van der Waals surface area contributed by atoms with Crippen LogP contribution in [0.2, 0.25) is 0 Å². The summed E-state index contributed by atoms with van der Waals surface area (Å²) in [5.41, 5.74) is 12.4. The van der Waals surface area contributed by atoms with Gasteiger partial charge in [-0.3, -0.25) is 0 Å². The van der Waals surface area contributed by atoms with Gasteiger partial charge in [-0.1, -0.05) is 39.0 Å². The van der Waals surface area contributed by atoms with Gasteiger partial charge >= 0.3 is 0 Å². The second-order valence-corrected chi connectivity index (χ2v) is 6.26. The summed E-state index contributed by atoms with van der Waals surface area (Å²) >= 11 is 0. The van der Waals surface area contributed by atoms with Crippen molar-refractivity contribution in [3.63, 3.8) is 0 Å². The third-order valence-electron chi connectivity index (χ3n) is 4.95.